The van der Waals surface area contributed by atoms with Crippen LogP contribution in [-0.2, 0) is 15.5 Å². The summed E-state index contributed by atoms with van der Waals surface area (Å²) in [4.78, 5) is 0. The first-order chi connectivity index (χ1) is 6.40. The highest BCUT2D eigenvalue weighted by molar-refractivity contribution is 8.13. The van der Waals surface area contributed by atoms with Gasteiger partial charge in [0, 0.05) is 10.7 Å². The smallest absolute Gasteiger partial charge is 0.212 e. The van der Waals surface area contributed by atoms with Crippen LogP contribution in [0, 0.1) is 5.82 Å². The lowest BCUT2D eigenvalue weighted by molar-refractivity contribution is 0.602. The fraction of sp³-hybridized carbons (Fsp3) is 0.250. The lowest BCUT2D eigenvalue weighted by Gasteiger charge is -2.02. The molecule has 0 radical (unpaired) electrons. The monoisotopic (exact) mass is 256 g/mol. The zero-order chi connectivity index (χ0) is 10.8. The summed E-state index contributed by atoms with van der Waals surface area (Å²) in [5, 5.41) is -0.0190. The topological polar surface area (TPSA) is 34.1 Å². The summed E-state index contributed by atoms with van der Waals surface area (Å²) in [6.07, 6.45) is 0.0260. The summed E-state index contributed by atoms with van der Waals surface area (Å²) in [5.41, 5.74) is 0.252. The number of halogens is 3. The Bertz CT molecular complexity index is 431. The first-order valence-electron chi connectivity index (χ1n) is 3.75. The van der Waals surface area contributed by atoms with E-state index in [0.29, 0.717) is 0 Å². The molecule has 0 bridgehead atoms. The van der Waals surface area contributed by atoms with Crippen LogP contribution in [0.25, 0.3) is 0 Å². The van der Waals surface area contributed by atoms with Crippen molar-refractivity contribution in [3.05, 3.63) is 34.6 Å². The van der Waals surface area contributed by atoms with E-state index in [1.165, 1.54) is 12.1 Å². The third-order valence-corrected chi connectivity index (χ3v) is 3.09. The van der Waals surface area contributed by atoms with E-state index < -0.39 is 14.9 Å². The molecular weight excluding hydrogens is 250 g/mol. The molecule has 0 unspecified atom stereocenters. The van der Waals surface area contributed by atoms with Gasteiger partial charge < -0.3 is 0 Å². The van der Waals surface area contributed by atoms with E-state index in [1.807, 2.05) is 0 Å². The van der Waals surface area contributed by atoms with Crippen molar-refractivity contribution >= 4 is 31.3 Å². The van der Waals surface area contributed by atoms with Gasteiger partial charge in [-0.15, -0.1) is 0 Å². The van der Waals surface area contributed by atoms with Gasteiger partial charge in [0.1, 0.15) is 5.82 Å². The van der Waals surface area contributed by atoms with Gasteiger partial charge >= 0.3 is 0 Å². The molecule has 0 atom stereocenters. The fourth-order valence-corrected chi connectivity index (χ4v) is 1.86. The Morgan fingerprint density at radius 1 is 1.36 bits per heavy atom. The van der Waals surface area contributed by atoms with Crippen LogP contribution in [0.4, 0.5) is 4.39 Å². The molecule has 2 nitrogen and oxygen atoms in total. The van der Waals surface area contributed by atoms with Crippen molar-refractivity contribution in [2.45, 2.75) is 6.42 Å². The van der Waals surface area contributed by atoms with E-state index in [4.69, 9.17) is 22.3 Å². The van der Waals surface area contributed by atoms with Gasteiger partial charge in [-0.3, -0.25) is 0 Å². The molecule has 0 saturated carbocycles. The van der Waals surface area contributed by atoms with E-state index in [0.717, 1.165) is 0 Å². The Kier molecular flexibility index (Phi) is 3.75. The molecule has 0 saturated heterocycles. The molecule has 0 amide bonds. The molecule has 1 aromatic rings. The van der Waals surface area contributed by atoms with Crippen molar-refractivity contribution in [3.8, 4) is 0 Å². The van der Waals surface area contributed by atoms with Crippen LogP contribution in [-0.4, -0.2) is 14.2 Å². The van der Waals surface area contributed by atoms with Crippen LogP contribution in [0.2, 0.25) is 5.02 Å². The van der Waals surface area contributed by atoms with Crippen LogP contribution < -0.4 is 0 Å². The minimum absolute atomic E-state index is 0.0190. The summed E-state index contributed by atoms with van der Waals surface area (Å²) in [6.45, 7) is 0. The van der Waals surface area contributed by atoms with Crippen LogP contribution in [0.5, 0.6) is 0 Å². The number of hydrogen-bond acceptors (Lipinski definition) is 2. The number of rotatable bonds is 3. The Morgan fingerprint density at radius 3 is 2.57 bits per heavy atom. The lowest BCUT2D eigenvalue weighted by Crippen LogP contribution is -2.02. The minimum Gasteiger partial charge on any atom is -0.212 e. The summed E-state index contributed by atoms with van der Waals surface area (Å²) < 4.78 is 34.4. The van der Waals surface area contributed by atoms with E-state index in [2.05, 4.69) is 0 Å². The predicted molar refractivity (Wildman–Crippen MR) is 54.8 cm³/mol. The van der Waals surface area contributed by atoms with Gasteiger partial charge in [-0.25, -0.2) is 12.8 Å². The molecule has 0 spiro atoms. The number of benzene rings is 1. The predicted octanol–water partition coefficient (Wildman–Crippen LogP) is 2.59. The normalized spacial score (nSPS) is 11.6. The molecule has 14 heavy (non-hydrogen) atoms. The third kappa shape index (κ3) is 3.44. The zero-order valence-electron chi connectivity index (χ0n) is 7.00. The maximum absolute atomic E-state index is 13.2. The molecule has 6 heteroatoms. The molecule has 1 rings (SSSR count). The third-order valence-electron chi connectivity index (χ3n) is 1.65. The van der Waals surface area contributed by atoms with Crippen molar-refractivity contribution in [2.24, 2.45) is 0 Å². The number of aryl methyl sites for hydroxylation is 1. The molecule has 0 aliphatic heterocycles. The molecule has 0 aliphatic rings. The molecule has 0 heterocycles. The summed E-state index contributed by atoms with van der Waals surface area (Å²) in [5.74, 6) is -0.888. The molecule has 78 valence electrons. The maximum Gasteiger partial charge on any atom is 0.232 e. The highest BCUT2D eigenvalue weighted by Gasteiger charge is 2.10. The molecule has 1 aromatic carbocycles. The largest absolute Gasteiger partial charge is 0.232 e. The van der Waals surface area contributed by atoms with Crippen molar-refractivity contribution in [2.75, 3.05) is 5.75 Å². The van der Waals surface area contributed by atoms with Gasteiger partial charge in [0.25, 0.3) is 0 Å². The Morgan fingerprint density at radius 2 is 2.00 bits per heavy atom. The van der Waals surface area contributed by atoms with Crippen molar-refractivity contribution in [1.29, 1.82) is 0 Å². The van der Waals surface area contributed by atoms with E-state index >= 15 is 0 Å². The molecular formula is C8H7Cl2FO2S. The van der Waals surface area contributed by atoms with Gasteiger partial charge in [-0.1, -0.05) is 23.7 Å². The minimum atomic E-state index is -3.59. The van der Waals surface area contributed by atoms with E-state index in [-0.39, 0.29) is 22.8 Å². The average molecular weight is 257 g/mol. The van der Waals surface area contributed by atoms with Gasteiger partial charge in [0.15, 0.2) is 0 Å². The van der Waals surface area contributed by atoms with Gasteiger partial charge in [0.2, 0.25) is 9.05 Å². The fourth-order valence-electron chi connectivity index (χ4n) is 0.973. The Hall–Kier alpha value is -0.320. The quantitative estimate of drug-likeness (QED) is 0.780. The highest BCUT2D eigenvalue weighted by Crippen LogP contribution is 2.18. The summed E-state index contributed by atoms with van der Waals surface area (Å²) in [6, 6.07) is 4.43. The SMILES string of the molecule is O=S(=O)(Cl)CCc1cccc(Cl)c1F. The van der Waals surface area contributed by atoms with Gasteiger partial charge in [0.05, 0.1) is 10.8 Å². The first kappa shape index (κ1) is 11.8. The van der Waals surface area contributed by atoms with Crippen LogP contribution >= 0.6 is 22.3 Å². The molecule has 0 aromatic heterocycles. The lowest BCUT2D eigenvalue weighted by atomic mass is 10.1. The highest BCUT2D eigenvalue weighted by atomic mass is 35.7. The van der Waals surface area contributed by atoms with Crippen molar-refractivity contribution in [1.82, 2.24) is 0 Å². The first-order valence-corrected chi connectivity index (χ1v) is 6.61. The molecule has 0 N–H and O–H groups in total. The van der Waals surface area contributed by atoms with Crippen LogP contribution in [0.3, 0.4) is 0 Å². The van der Waals surface area contributed by atoms with Gasteiger partial charge in [-0.2, -0.15) is 0 Å². The summed E-state index contributed by atoms with van der Waals surface area (Å²) >= 11 is 5.51. The second-order valence-corrected chi connectivity index (χ2v) is 6.01. The van der Waals surface area contributed by atoms with Crippen molar-refractivity contribution in [3.63, 3.8) is 0 Å². The van der Waals surface area contributed by atoms with E-state index in [1.54, 1.807) is 6.07 Å². The van der Waals surface area contributed by atoms with Crippen molar-refractivity contribution < 1.29 is 12.8 Å². The Labute approximate surface area is 91.1 Å². The van der Waals surface area contributed by atoms with Gasteiger partial charge in [-0.05, 0) is 18.1 Å². The van der Waals surface area contributed by atoms with Crippen LogP contribution in [0.15, 0.2) is 18.2 Å². The molecule has 0 fully saturated rings. The number of hydrogen-bond donors (Lipinski definition) is 0. The Balaban J connectivity index is 2.83. The van der Waals surface area contributed by atoms with E-state index in [9.17, 15) is 12.8 Å². The summed E-state index contributed by atoms with van der Waals surface area (Å²) in [7, 11) is 1.40. The maximum atomic E-state index is 13.2. The molecule has 0 aliphatic carbocycles. The standard InChI is InChI=1S/C8H7Cl2FO2S/c9-7-3-1-2-6(8(7)11)4-5-14(10,12)13/h1-3H,4-5H2. The zero-order valence-corrected chi connectivity index (χ0v) is 9.33. The second-order valence-electron chi connectivity index (χ2n) is 2.71. The average Bonchev–Trinajstić information content (AvgIpc) is 2.06. The van der Waals surface area contributed by atoms with Crippen LogP contribution in [0.1, 0.15) is 5.56 Å². The second kappa shape index (κ2) is 4.47.